The third-order valence-corrected chi connectivity index (χ3v) is 4.01. The second-order valence-electron chi connectivity index (χ2n) is 4.77. The molecule has 106 valence electrons. The molecule has 0 amide bonds. The van der Waals surface area contributed by atoms with Crippen molar-refractivity contribution >= 4 is 26.5 Å². The summed E-state index contributed by atoms with van der Waals surface area (Å²) >= 11 is 0. The lowest BCUT2D eigenvalue weighted by Crippen LogP contribution is -2.32. The summed E-state index contributed by atoms with van der Waals surface area (Å²) in [7, 11) is -3.13. The Hall–Kier alpha value is -1.79. The molecule has 1 atom stereocenters. The first-order valence-electron chi connectivity index (χ1n) is 6.20. The number of hydrogen-bond donors (Lipinski definition) is 1. The zero-order valence-corrected chi connectivity index (χ0v) is 11.9. The average Bonchev–Trinajstić information content (AvgIpc) is 2.42. The fourth-order valence-electron chi connectivity index (χ4n) is 1.97. The topological polar surface area (TPSA) is 90.1 Å². The number of ketones is 1. The second kappa shape index (κ2) is 5.68. The van der Waals surface area contributed by atoms with Crippen LogP contribution in [0.4, 0.5) is 0 Å². The van der Waals surface area contributed by atoms with E-state index in [-0.39, 0.29) is 18.0 Å². The third-order valence-electron chi connectivity index (χ3n) is 3.03. The molecule has 0 spiro atoms. The highest BCUT2D eigenvalue weighted by atomic mass is 32.2. The number of pyridine rings is 1. The van der Waals surface area contributed by atoms with Crippen molar-refractivity contribution < 1.29 is 13.2 Å². The molecule has 0 aliphatic heterocycles. The predicted molar refractivity (Wildman–Crippen MR) is 78.4 cm³/mol. The van der Waals surface area contributed by atoms with Gasteiger partial charge in [-0.15, -0.1) is 0 Å². The minimum Gasteiger partial charge on any atom is -0.321 e. The molecular formula is C14H16N2O3S. The van der Waals surface area contributed by atoms with Crippen LogP contribution < -0.4 is 5.73 Å². The van der Waals surface area contributed by atoms with Crippen molar-refractivity contribution in [2.24, 2.45) is 5.73 Å². The normalized spacial score (nSPS) is 13.3. The molecule has 0 bridgehead atoms. The Labute approximate surface area is 117 Å². The van der Waals surface area contributed by atoms with E-state index in [1.807, 2.05) is 12.1 Å². The van der Waals surface area contributed by atoms with Gasteiger partial charge in [0.1, 0.15) is 9.84 Å². The number of aromatic nitrogens is 1. The Bertz CT molecular complexity index is 736. The largest absolute Gasteiger partial charge is 0.321 e. The Balaban J connectivity index is 2.27. The molecule has 6 heteroatoms. The van der Waals surface area contributed by atoms with E-state index < -0.39 is 15.9 Å². The van der Waals surface area contributed by atoms with Crippen molar-refractivity contribution in [2.75, 3.05) is 12.0 Å². The van der Waals surface area contributed by atoms with Gasteiger partial charge in [0, 0.05) is 23.4 Å². The van der Waals surface area contributed by atoms with Crippen LogP contribution in [-0.2, 0) is 9.84 Å². The molecule has 2 aromatic rings. The van der Waals surface area contributed by atoms with Crippen LogP contribution in [0, 0.1) is 0 Å². The fraction of sp³-hybridized carbons (Fsp3) is 0.286. The predicted octanol–water partition coefficient (Wildman–Crippen LogP) is 1.18. The van der Waals surface area contributed by atoms with E-state index in [2.05, 4.69) is 4.98 Å². The minimum absolute atomic E-state index is 0.0991. The molecule has 5 nitrogen and oxygen atoms in total. The SMILES string of the molecule is CS(=O)(=O)CCC(N)C(=O)c1cccc2cccnc12. The van der Waals surface area contributed by atoms with Gasteiger partial charge in [0.05, 0.1) is 17.3 Å². The molecule has 20 heavy (non-hydrogen) atoms. The van der Waals surface area contributed by atoms with Crippen LogP contribution in [0.2, 0.25) is 0 Å². The van der Waals surface area contributed by atoms with E-state index in [4.69, 9.17) is 5.73 Å². The number of hydrogen-bond acceptors (Lipinski definition) is 5. The summed E-state index contributed by atoms with van der Waals surface area (Å²) in [6, 6.07) is 8.11. The van der Waals surface area contributed by atoms with E-state index in [0.717, 1.165) is 11.6 Å². The summed E-state index contributed by atoms with van der Waals surface area (Å²) in [4.78, 5) is 16.5. The number of carbonyl (C=O) groups excluding carboxylic acids is 1. The summed E-state index contributed by atoms with van der Waals surface area (Å²) in [5.41, 5.74) is 6.83. The zero-order chi connectivity index (χ0) is 14.8. The molecule has 2 rings (SSSR count). The molecule has 0 aliphatic rings. The molecule has 1 unspecified atom stereocenters. The van der Waals surface area contributed by atoms with Crippen LogP contribution in [-0.4, -0.2) is 37.2 Å². The van der Waals surface area contributed by atoms with Crippen molar-refractivity contribution in [3.63, 3.8) is 0 Å². The maximum Gasteiger partial charge on any atom is 0.181 e. The second-order valence-corrected chi connectivity index (χ2v) is 7.03. The van der Waals surface area contributed by atoms with Crippen molar-refractivity contribution in [1.82, 2.24) is 4.98 Å². The van der Waals surface area contributed by atoms with Gasteiger partial charge < -0.3 is 5.73 Å². The van der Waals surface area contributed by atoms with Crippen LogP contribution in [0.15, 0.2) is 36.5 Å². The quantitative estimate of drug-likeness (QED) is 0.836. The highest BCUT2D eigenvalue weighted by molar-refractivity contribution is 7.90. The number of Topliss-reactive ketones (excluding diaryl/α,β-unsaturated/α-hetero) is 1. The Kier molecular flexibility index (Phi) is 4.15. The molecule has 0 saturated heterocycles. The first-order valence-corrected chi connectivity index (χ1v) is 8.26. The van der Waals surface area contributed by atoms with E-state index in [9.17, 15) is 13.2 Å². The summed E-state index contributed by atoms with van der Waals surface area (Å²) in [6.45, 7) is 0. The van der Waals surface area contributed by atoms with Gasteiger partial charge in [0.2, 0.25) is 0 Å². The monoisotopic (exact) mass is 292 g/mol. The minimum atomic E-state index is -3.13. The molecule has 2 N–H and O–H groups in total. The Morgan fingerprint density at radius 3 is 2.70 bits per heavy atom. The van der Waals surface area contributed by atoms with Crippen LogP contribution in [0.3, 0.4) is 0 Å². The molecule has 1 aromatic heterocycles. The van der Waals surface area contributed by atoms with Crippen molar-refractivity contribution in [3.8, 4) is 0 Å². The summed E-state index contributed by atoms with van der Waals surface area (Å²) in [6.07, 6.45) is 2.85. The highest BCUT2D eigenvalue weighted by Crippen LogP contribution is 2.17. The number of sulfone groups is 1. The number of nitrogens with zero attached hydrogens (tertiary/aromatic N) is 1. The number of carbonyl (C=O) groups is 1. The summed E-state index contributed by atoms with van der Waals surface area (Å²) < 4.78 is 22.3. The van der Waals surface area contributed by atoms with Gasteiger partial charge in [-0.2, -0.15) is 0 Å². The van der Waals surface area contributed by atoms with Gasteiger partial charge >= 0.3 is 0 Å². The van der Waals surface area contributed by atoms with Gasteiger partial charge in [0.25, 0.3) is 0 Å². The van der Waals surface area contributed by atoms with Crippen molar-refractivity contribution in [1.29, 1.82) is 0 Å². The lowest BCUT2D eigenvalue weighted by Gasteiger charge is -2.11. The smallest absolute Gasteiger partial charge is 0.181 e. The van der Waals surface area contributed by atoms with Gasteiger partial charge in [-0.1, -0.05) is 18.2 Å². The standard InChI is InChI=1S/C14H16N2O3S/c1-20(18,19)9-7-12(15)14(17)11-6-2-4-10-5-3-8-16-13(10)11/h2-6,8,12H,7,9,15H2,1H3. The Morgan fingerprint density at radius 2 is 2.00 bits per heavy atom. The number of nitrogens with two attached hydrogens (primary N) is 1. The van der Waals surface area contributed by atoms with E-state index in [1.54, 1.807) is 24.4 Å². The van der Waals surface area contributed by atoms with Gasteiger partial charge in [-0.05, 0) is 18.6 Å². The van der Waals surface area contributed by atoms with Gasteiger partial charge in [-0.25, -0.2) is 8.42 Å². The molecule has 0 radical (unpaired) electrons. The first-order chi connectivity index (χ1) is 9.38. The van der Waals surface area contributed by atoms with Crippen LogP contribution in [0.1, 0.15) is 16.8 Å². The maximum absolute atomic E-state index is 12.3. The summed E-state index contributed by atoms with van der Waals surface area (Å²) in [5, 5.41) is 0.855. The lowest BCUT2D eigenvalue weighted by molar-refractivity contribution is 0.0961. The molecule has 0 fully saturated rings. The molecule has 1 heterocycles. The molecule has 0 saturated carbocycles. The Morgan fingerprint density at radius 1 is 1.30 bits per heavy atom. The molecule has 0 aliphatic carbocycles. The number of fused-ring (bicyclic) bond motifs is 1. The molecule has 1 aromatic carbocycles. The molecular weight excluding hydrogens is 276 g/mol. The maximum atomic E-state index is 12.3. The first kappa shape index (κ1) is 14.6. The van der Waals surface area contributed by atoms with Crippen LogP contribution in [0.5, 0.6) is 0 Å². The van der Waals surface area contributed by atoms with E-state index in [0.29, 0.717) is 11.1 Å². The van der Waals surface area contributed by atoms with Crippen LogP contribution >= 0.6 is 0 Å². The zero-order valence-electron chi connectivity index (χ0n) is 11.1. The van der Waals surface area contributed by atoms with Gasteiger partial charge in [-0.3, -0.25) is 9.78 Å². The average molecular weight is 292 g/mol. The van der Waals surface area contributed by atoms with Crippen molar-refractivity contribution in [3.05, 3.63) is 42.1 Å². The number of para-hydroxylation sites is 1. The van der Waals surface area contributed by atoms with E-state index >= 15 is 0 Å². The van der Waals surface area contributed by atoms with Crippen molar-refractivity contribution in [2.45, 2.75) is 12.5 Å². The van der Waals surface area contributed by atoms with E-state index in [1.165, 1.54) is 0 Å². The fourth-order valence-corrected chi connectivity index (χ4v) is 2.66. The highest BCUT2D eigenvalue weighted by Gasteiger charge is 2.19. The lowest BCUT2D eigenvalue weighted by atomic mass is 10.00. The summed E-state index contributed by atoms with van der Waals surface area (Å²) in [5.74, 6) is -0.379. The number of benzene rings is 1. The van der Waals surface area contributed by atoms with Gasteiger partial charge in [0.15, 0.2) is 5.78 Å². The number of rotatable bonds is 5. The third kappa shape index (κ3) is 3.40. The van der Waals surface area contributed by atoms with Crippen LogP contribution in [0.25, 0.3) is 10.9 Å².